The number of nitrogens with one attached hydrogen (secondary N) is 6. The molecule has 8 nitrogen and oxygen atoms in total. The van der Waals surface area contributed by atoms with Gasteiger partial charge in [-0.05, 0) is 73.0 Å². The van der Waals surface area contributed by atoms with Crippen LogP contribution in [0.2, 0.25) is 0 Å². The van der Waals surface area contributed by atoms with Crippen LogP contribution in [0, 0.1) is 47.3 Å². The number of nitrogens with zero attached hydrogens (tertiary/aromatic N) is 2. The minimum Gasteiger partial charge on any atom is -0.632 e. The van der Waals surface area contributed by atoms with Gasteiger partial charge in [-0.3, -0.25) is 16.0 Å². The van der Waals surface area contributed by atoms with Gasteiger partial charge in [0.15, 0.2) is 0 Å². The molecule has 6 N–H and O–H groups in total. The molecule has 4 aliphatic carbocycles. The van der Waals surface area contributed by atoms with Crippen LogP contribution in [0.5, 0.6) is 0 Å². The number of hydrogen-bond donors (Lipinski definition) is 6. The molecule has 41 heavy (non-hydrogen) atoms. The Hall–Kier alpha value is 0.199. The van der Waals surface area contributed by atoms with Crippen LogP contribution in [0.1, 0.15) is 103 Å². The molecule has 0 amide bonds. The van der Waals surface area contributed by atoms with E-state index >= 15 is 0 Å². The van der Waals surface area contributed by atoms with E-state index in [1.54, 1.807) is 0 Å². The molecule has 9 rings (SSSR count). The SMILES string of the molecule is C1CCC2C3[N-]C(NC4[N-]C(NC5NC(NC6NC(N3)C3CCCCC63)C3CCCCC53)C3CCCCC43)C2C1.[Mn+2]. The molecule has 229 valence electrons. The zero-order valence-electron chi connectivity index (χ0n) is 24.8. The molecule has 4 saturated carbocycles. The second-order valence-electron chi connectivity index (χ2n) is 15.4. The maximum atomic E-state index is 5.60. The van der Waals surface area contributed by atoms with Crippen LogP contribution in [0.3, 0.4) is 0 Å². The Morgan fingerprint density at radius 2 is 0.537 bits per heavy atom. The van der Waals surface area contributed by atoms with Gasteiger partial charge in [0.1, 0.15) is 0 Å². The normalized spacial score (nSPS) is 56.2. The van der Waals surface area contributed by atoms with Gasteiger partial charge in [-0.25, -0.2) is 0 Å². The van der Waals surface area contributed by atoms with Crippen molar-refractivity contribution in [1.82, 2.24) is 31.9 Å². The molecular weight excluding hydrogens is 551 g/mol. The van der Waals surface area contributed by atoms with Crippen molar-refractivity contribution < 1.29 is 17.1 Å². The van der Waals surface area contributed by atoms with Crippen LogP contribution in [-0.2, 0) is 17.1 Å². The van der Waals surface area contributed by atoms with Gasteiger partial charge < -0.3 is 26.6 Å². The van der Waals surface area contributed by atoms with Gasteiger partial charge in [0, 0.05) is 0 Å². The first-order valence-electron chi connectivity index (χ1n) is 17.8. The van der Waals surface area contributed by atoms with E-state index in [1.165, 1.54) is 103 Å². The first-order valence-corrected chi connectivity index (χ1v) is 17.8. The summed E-state index contributed by atoms with van der Waals surface area (Å²) in [6.07, 6.45) is 24.5. The fourth-order valence-electron chi connectivity index (χ4n) is 11.7. The fourth-order valence-corrected chi connectivity index (χ4v) is 11.7. The van der Waals surface area contributed by atoms with Crippen LogP contribution in [-0.4, -0.2) is 49.3 Å². The van der Waals surface area contributed by atoms with Gasteiger partial charge in [0.2, 0.25) is 0 Å². The van der Waals surface area contributed by atoms with Crippen molar-refractivity contribution in [2.75, 3.05) is 0 Å². The van der Waals surface area contributed by atoms with E-state index < -0.39 is 0 Å². The van der Waals surface area contributed by atoms with Gasteiger partial charge in [-0.15, -0.1) is 0 Å². The van der Waals surface area contributed by atoms with Crippen LogP contribution in [0.4, 0.5) is 0 Å². The van der Waals surface area contributed by atoms with Crippen LogP contribution >= 0.6 is 0 Å². The summed E-state index contributed by atoms with van der Waals surface area (Å²) in [5.74, 6) is 5.59. The monoisotopic (exact) mass is 605 g/mol. The summed E-state index contributed by atoms with van der Waals surface area (Å²) in [7, 11) is 0. The Morgan fingerprint density at radius 3 is 0.854 bits per heavy atom. The van der Waals surface area contributed by atoms with Gasteiger partial charge in [0.05, 0.1) is 24.7 Å². The Balaban J connectivity index is 0.00000256. The van der Waals surface area contributed by atoms with Crippen molar-refractivity contribution in [1.29, 1.82) is 0 Å². The van der Waals surface area contributed by atoms with Crippen molar-refractivity contribution in [3.8, 4) is 0 Å². The Bertz CT molecular complexity index is 716. The van der Waals surface area contributed by atoms with Crippen molar-refractivity contribution in [2.24, 2.45) is 47.3 Å². The predicted molar refractivity (Wildman–Crippen MR) is 158 cm³/mol. The summed E-state index contributed by atoms with van der Waals surface area (Å²) in [5, 5.41) is 36.3. The molecule has 0 aromatic heterocycles. The molecule has 5 heterocycles. The van der Waals surface area contributed by atoms with Crippen molar-refractivity contribution in [3.05, 3.63) is 10.6 Å². The Labute approximate surface area is 258 Å². The third-order valence-electron chi connectivity index (χ3n) is 13.6. The van der Waals surface area contributed by atoms with Crippen LogP contribution in [0.15, 0.2) is 0 Å². The largest absolute Gasteiger partial charge is 2.00 e. The van der Waals surface area contributed by atoms with E-state index in [1.807, 2.05) is 0 Å². The van der Waals surface area contributed by atoms with E-state index in [9.17, 15) is 0 Å². The molecule has 9 fully saturated rings. The number of fused-ring (bicyclic) bond motifs is 20. The van der Waals surface area contributed by atoms with E-state index in [0.717, 1.165) is 23.7 Å². The smallest absolute Gasteiger partial charge is 0.632 e. The van der Waals surface area contributed by atoms with Gasteiger partial charge in [-0.1, -0.05) is 102 Å². The Kier molecular flexibility index (Phi) is 8.28. The number of hydrogen-bond acceptors (Lipinski definition) is 6. The maximum Gasteiger partial charge on any atom is 2.00 e. The first kappa shape index (κ1) is 28.7. The molecule has 16 unspecified atom stereocenters. The average molecular weight is 606 g/mol. The summed E-state index contributed by atoms with van der Waals surface area (Å²) in [6, 6.07) is 0. The minimum absolute atomic E-state index is 0. The van der Waals surface area contributed by atoms with Crippen molar-refractivity contribution in [2.45, 2.75) is 152 Å². The van der Waals surface area contributed by atoms with E-state index in [4.69, 9.17) is 10.6 Å². The third kappa shape index (κ3) is 5.01. The Morgan fingerprint density at radius 1 is 0.293 bits per heavy atom. The van der Waals surface area contributed by atoms with E-state index in [0.29, 0.717) is 48.3 Å². The maximum absolute atomic E-state index is 5.60. The summed E-state index contributed by atoms with van der Waals surface area (Å²) in [4.78, 5) is 0. The summed E-state index contributed by atoms with van der Waals surface area (Å²) in [6.45, 7) is 0. The summed E-state index contributed by atoms with van der Waals surface area (Å²) in [5.41, 5.74) is 0. The molecule has 0 spiro atoms. The van der Waals surface area contributed by atoms with Crippen molar-refractivity contribution >= 4 is 0 Å². The minimum atomic E-state index is 0. The molecule has 0 aromatic carbocycles. The quantitative estimate of drug-likeness (QED) is 0.232. The van der Waals surface area contributed by atoms with Gasteiger partial charge in [0.25, 0.3) is 0 Å². The van der Waals surface area contributed by atoms with Crippen LogP contribution < -0.4 is 31.9 Å². The molecule has 0 aromatic rings. The molecule has 16 atom stereocenters. The van der Waals surface area contributed by atoms with Gasteiger partial charge >= 0.3 is 17.1 Å². The molecule has 9 aliphatic rings. The zero-order valence-corrected chi connectivity index (χ0v) is 26.0. The molecule has 1 radical (unpaired) electrons. The second-order valence-corrected chi connectivity index (χ2v) is 15.4. The average Bonchev–Trinajstić information content (AvgIpc) is 3.73. The van der Waals surface area contributed by atoms with Crippen molar-refractivity contribution in [3.63, 3.8) is 0 Å². The van der Waals surface area contributed by atoms with E-state index in [-0.39, 0.29) is 41.7 Å². The second kappa shape index (κ2) is 11.8. The molecular formula is C32H54MnN8. The molecule has 9 heteroatoms. The summed E-state index contributed by atoms with van der Waals surface area (Å²) < 4.78 is 0. The number of rotatable bonds is 0. The standard InChI is InChI=1S/C32H54N8.Mn/c1-2-10-18-17(9-1)25-33-26(18)38-28-21-13-5-6-14-22(21)30(35-28)40-32-24-16-8-7-15-23(24)31(36-32)39-29-20-12-4-3-11-19(20)27(34-29)37-25;/h17-34,37-40H,1-16H2;/q-2;+2. The predicted octanol–water partition coefficient (Wildman–Crippen LogP) is 4.17. The fraction of sp³-hybridized carbons (Fsp3) is 1.00. The summed E-state index contributed by atoms with van der Waals surface area (Å²) >= 11 is 0. The van der Waals surface area contributed by atoms with Gasteiger partial charge in [-0.2, -0.15) is 0 Å². The molecule has 5 aliphatic heterocycles. The molecule has 8 bridgehead atoms. The third-order valence-corrected chi connectivity index (χ3v) is 13.6. The topological polar surface area (TPSA) is 100 Å². The molecule has 5 saturated heterocycles. The van der Waals surface area contributed by atoms with Crippen LogP contribution in [0.25, 0.3) is 10.6 Å². The van der Waals surface area contributed by atoms with E-state index in [2.05, 4.69) is 31.9 Å². The zero-order chi connectivity index (χ0) is 26.2. The first-order chi connectivity index (χ1) is 19.8.